The van der Waals surface area contributed by atoms with E-state index < -0.39 is 0 Å². The van der Waals surface area contributed by atoms with Crippen LogP contribution in [0.25, 0.3) is 0 Å². The van der Waals surface area contributed by atoms with Gasteiger partial charge < -0.3 is 10.2 Å². The fourth-order valence-corrected chi connectivity index (χ4v) is 2.57. The predicted molar refractivity (Wildman–Crippen MR) is 90.8 cm³/mol. The maximum Gasteiger partial charge on any atom is 0.0448 e. The third-order valence-electron chi connectivity index (χ3n) is 4.04. The molecule has 1 N–H and O–H groups in total. The molecular weight excluding hydrogens is 258 g/mol. The van der Waals surface area contributed by atoms with Crippen LogP contribution in [0.2, 0.25) is 0 Å². The molecule has 0 unspecified atom stereocenters. The van der Waals surface area contributed by atoms with Crippen molar-refractivity contribution < 1.29 is 0 Å². The van der Waals surface area contributed by atoms with Gasteiger partial charge in [-0.3, -0.25) is 4.98 Å². The molecule has 1 aliphatic rings. The molecule has 3 nitrogen and oxygen atoms in total. The average Bonchev–Trinajstić information content (AvgIpc) is 3.22. The predicted octanol–water partition coefficient (Wildman–Crippen LogP) is 3.90. The van der Waals surface area contributed by atoms with Crippen molar-refractivity contribution in [3.63, 3.8) is 0 Å². The monoisotopic (exact) mass is 289 g/mol. The Labute approximate surface area is 130 Å². The van der Waals surface area contributed by atoms with E-state index in [1.54, 1.807) is 0 Å². The SMILES string of the molecule is Cc1cc(N(CCC(C)C)C2CC2)c(CNC(C)C)cn1. The molecule has 0 bridgehead atoms. The fraction of sp³-hybridized carbons (Fsp3) is 0.722. The van der Waals surface area contributed by atoms with Crippen LogP contribution in [0.4, 0.5) is 5.69 Å². The summed E-state index contributed by atoms with van der Waals surface area (Å²) in [7, 11) is 0. The van der Waals surface area contributed by atoms with E-state index in [1.807, 2.05) is 0 Å². The van der Waals surface area contributed by atoms with E-state index >= 15 is 0 Å². The molecule has 1 heterocycles. The molecule has 0 aliphatic heterocycles. The summed E-state index contributed by atoms with van der Waals surface area (Å²) in [6.45, 7) is 13.2. The van der Waals surface area contributed by atoms with Crippen molar-refractivity contribution in [3.05, 3.63) is 23.5 Å². The first-order chi connectivity index (χ1) is 9.97. The van der Waals surface area contributed by atoms with Crippen LogP contribution >= 0.6 is 0 Å². The maximum atomic E-state index is 4.51. The van der Waals surface area contributed by atoms with Gasteiger partial charge in [-0.05, 0) is 38.2 Å². The second-order valence-corrected chi connectivity index (χ2v) is 7.10. The van der Waals surface area contributed by atoms with Gasteiger partial charge in [0.25, 0.3) is 0 Å². The number of anilines is 1. The molecule has 1 aromatic rings. The molecule has 3 heteroatoms. The second kappa shape index (κ2) is 7.26. The van der Waals surface area contributed by atoms with Gasteiger partial charge in [-0.15, -0.1) is 0 Å². The first-order valence-corrected chi connectivity index (χ1v) is 8.43. The van der Waals surface area contributed by atoms with E-state index in [0.29, 0.717) is 6.04 Å². The topological polar surface area (TPSA) is 28.2 Å². The summed E-state index contributed by atoms with van der Waals surface area (Å²) >= 11 is 0. The third-order valence-corrected chi connectivity index (χ3v) is 4.04. The smallest absolute Gasteiger partial charge is 0.0448 e. The molecule has 1 saturated carbocycles. The highest BCUT2D eigenvalue weighted by atomic mass is 15.2. The number of hydrogen-bond donors (Lipinski definition) is 1. The van der Waals surface area contributed by atoms with Gasteiger partial charge in [0.2, 0.25) is 0 Å². The highest BCUT2D eigenvalue weighted by Crippen LogP contribution is 2.34. The summed E-state index contributed by atoms with van der Waals surface area (Å²) < 4.78 is 0. The maximum absolute atomic E-state index is 4.51. The minimum atomic E-state index is 0.504. The van der Waals surface area contributed by atoms with Crippen molar-refractivity contribution in [1.29, 1.82) is 0 Å². The minimum absolute atomic E-state index is 0.504. The van der Waals surface area contributed by atoms with Gasteiger partial charge in [0.1, 0.15) is 0 Å². The van der Waals surface area contributed by atoms with Crippen LogP contribution < -0.4 is 10.2 Å². The van der Waals surface area contributed by atoms with Gasteiger partial charge in [0.05, 0.1) is 0 Å². The number of aryl methyl sites for hydroxylation is 1. The van der Waals surface area contributed by atoms with Gasteiger partial charge in [0, 0.05) is 48.3 Å². The Kier molecular flexibility index (Phi) is 5.63. The van der Waals surface area contributed by atoms with Gasteiger partial charge in [-0.2, -0.15) is 0 Å². The van der Waals surface area contributed by atoms with Gasteiger partial charge in [-0.25, -0.2) is 0 Å². The number of aromatic nitrogens is 1. The number of hydrogen-bond acceptors (Lipinski definition) is 3. The van der Waals surface area contributed by atoms with Crippen LogP contribution in [0, 0.1) is 12.8 Å². The Balaban J connectivity index is 2.18. The molecular formula is C18H31N3. The zero-order chi connectivity index (χ0) is 15.4. The van der Waals surface area contributed by atoms with Crippen LogP contribution in [0.1, 0.15) is 58.2 Å². The molecule has 1 fully saturated rings. The molecule has 0 saturated heterocycles. The summed E-state index contributed by atoms with van der Waals surface area (Å²) in [5, 5.41) is 3.53. The highest BCUT2D eigenvalue weighted by Gasteiger charge is 2.30. The van der Waals surface area contributed by atoms with E-state index in [2.05, 4.69) is 62.1 Å². The highest BCUT2D eigenvalue weighted by molar-refractivity contribution is 5.55. The normalized spacial score (nSPS) is 15.0. The van der Waals surface area contributed by atoms with Crippen LogP contribution in [-0.2, 0) is 6.54 Å². The summed E-state index contributed by atoms with van der Waals surface area (Å²) in [6.07, 6.45) is 6.01. The molecule has 1 aliphatic carbocycles. The molecule has 0 amide bonds. The first kappa shape index (κ1) is 16.3. The first-order valence-electron chi connectivity index (χ1n) is 8.43. The molecule has 118 valence electrons. The summed E-state index contributed by atoms with van der Waals surface area (Å²) in [6, 6.07) is 3.53. The van der Waals surface area contributed by atoms with Gasteiger partial charge in [0.15, 0.2) is 0 Å². The standard InChI is InChI=1S/C18H31N3/c1-13(2)8-9-21(17-6-7-17)18-10-15(5)20-12-16(18)11-19-14(3)4/h10,12-14,17,19H,6-9,11H2,1-5H3. The zero-order valence-corrected chi connectivity index (χ0v) is 14.3. The van der Waals surface area contributed by atoms with Crippen molar-refractivity contribution in [2.75, 3.05) is 11.4 Å². The van der Waals surface area contributed by atoms with E-state index in [4.69, 9.17) is 0 Å². The molecule has 21 heavy (non-hydrogen) atoms. The molecule has 1 aromatic heterocycles. The number of nitrogens with one attached hydrogen (secondary N) is 1. The number of pyridine rings is 1. The lowest BCUT2D eigenvalue weighted by Gasteiger charge is -2.28. The molecule has 0 atom stereocenters. The molecule has 0 spiro atoms. The number of rotatable bonds is 8. The van der Waals surface area contributed by atoms with Gasteiger partial charge in [-0.1, -0.05) is 27.7 Å². The minimum Gasteiger partial charge on any atom is -0.368 e. The largest absolute Gasteiger partial charge is 0.368 e. The summed E-state index contributed by atoms with van der Waals surface area (Å²) in [5.74, 6) is 0.756. The molecule has 0 radical (unpaired) electrons. The lowest BCUT2D eigenvalue weighted by atomic mass is 10.1. The van der Waals surface area contributed by atoms with Gasteiger partial charge >= 0.3 is 0 Å². The van der Waals surface area contributed by atoms with Crippen molar-refractivity contribution in [2.24, 2.45) is 5.92 Å². The Hall–Kier alpha value is -1.09. The van der Waals surface area contributed by atoms with Crippen LogP contribution in [0.5, 0.6) is 0 Å². The number of nitrogens with zero attached hydrogens (tertiary/aromatic N) is 2. The van der Waals surface area contributed by atoms with E-state index in [0.717, 1.165) is 24.2 Å². The van der Waals surface area contributed by atoms with Crippen molar-refractivity contribution in [2.45, 2.75) is 72.5 Å². The fourth-order valence-electron chi connectivity index (χ4n) is 2.57. The van der Waals surface area contributed by atoms with Crippen molar-refractivity contribution in [1.82, 2.24) is 10.3 Å². The van der Waals surface area contributed by atoms with Crippen LogP contribution in [0.3, 0.4) is 0 Å². The molecule has 0 aromatic carbocycles. The van der Waals surface area contributed by atoms with E-state index in [-0.39, 0.29) is 0 Å². The lowest BCUT2D eigenvalue weighted by molar-refractivity contribution is 0.564. The zero-order valence-electron chi connectivity index (χ0n) is 14.3. The average molecular weight is 289 g/mol. The lowest BCUT2D eigenvalue weighted by Crippen LogP contribution is -2.30. The van der Waals surface area contributed by atoms with E-state index in [1.165, 1.54) is 37.1 Å². The molecule has 2 rings (SSSR count). The Morgan fingerprint density at radius 3 is 2.57 bits per heavy atom. The Morgan fingerprint density at radius 2 is 2.00 bits per heavy atom. The van der Waals surface area contributed by atoms with Crippen molar-refractivity contribution in [3.8, 4) is 0 Å². The van der Waals surface area contributed by atoms with Crippen molar-refractivity contribution >= 4 is 5.69 Å². The quantitative estimate of drug-likeness (QED) is 0.786. The summed E-state index contributed by atoms with van der Waals surface area (Å²) in [5.41, 5.74) is 3.86. The summed E-state index contributed by atoms with van der Waals surface area (Å²) in [4.78, 5) is 7.14. The Bertz CT molecular complexity index is 450. The van der Waals surface area contributed by atoms with Crippen LogP contribution in [-0.4, -0.2) is 23.6 Å². The third kappa shape index (κ3) is 4.99. The Morgan fingerprint density at radius 1 is 1.29 bits per heavy atom. The second-order valence-electron chi connectivity index (χ2n) is 7.10. The van der Waals surface area contributed by atoms with E-state index in [9.17, 15) is 0 Å². The van der Waals surface area contributed by atoms with Crippen LogP contribution in [0.15, 0.2) is 12.3 Å².